The Morgan fingerprint density at radius 2 is 1.57 bits per heavy atom. The zero-order valence-electron chi connectivity index (χ0n) is 25.5. The minimum Gasteiger partial charge on any atom is -0.341 e. The van der Waals surface area contributed by atoms with Crippen molar-refractivity contribution in [1.82, 2.24) is 14.9 Å². The molecule has 4 aromatic rings. The van der Waals surface area contributed by atoms with Crippen molar-refractivity contribution in [3.63, 3.8) is 0 Å². The topological polar surface area (TPSA) is 98.8 Å². The lowest BCUT2D eigenvalue weighted by atomic mass is 9.90. The second kappa shape index (κ2) is 13.7. The Kier molecular flexibility index (Phi) is 9.78. The lowest BCUT2D eigenvalue weighted by Crippen LogP contribution is -2.53. The summed E-state index contributed by atoms with van der Waals surface area (Å²) >= 11 is 0. The molecule has 5 rings (SSSR count). The van der Waals surface area contributed by atoms with Crippen LogP contribution in [0.2, 0.25) is 0 Å². The highest BCUT2D eigenvalue weighted by Gasteiger charge is 2.34. The Labute approximate surface area is 260 Å². The quantitative estimate of drug-likeness (QED) is 0.242. The number of sulfonamides is 1. The largest absolute Gasteiger partial charge is 0.341 e. The molecule has 0 spiro atoms. The van der Waals surface area contributed by atoms with Gasteiger partial charge in [0.2, 0.25) is 15.9 Å². The van der Waals surface area contributed by atoms with Gasteiger partial charge in [-0.3, -0.25) is 14.5 Å². The van der Waals surface area contributed by atoms with Crippen LogP contribution in [0.3, 0.4) is 0 Å². The first-order valence-electron chi connectivity index (χ1n) is 15.2. The van der Waals surface area contributed by atoms with Gasteiger partial charge in [0, 0.05) is 41.2 Å². The summed E-state index contributed by atoms with van der Waals surface area (Å²) in [5.41, 5.74) is 2.70. The monoisotopic (exact) mass is 612 g/mol. The number of carbonyl (C=O) groups is 2. The van der Waals surface area contributed by atoms with Crippen LogP contribution in [0.1, 0.15) is 42.6 Å². The van der Waals surface area contributed by atoms with Gasteiger partial charge < -0.3 is 10.2 Å². The maximum absolute atomic E-state index is 14.1. The number of nitrogens with one attached hydrogen (secondary N) is 2. The van der Waals surface area contributed by atoms with Crippen LogP contribution in [-0.4, -0.2) is 57.4 Å². The predicted molar refractivity (Wildman–Crippen MR) is 176 cm³/mol. The molecule has 230 valence electrons. The molecule has 8 nitrogen and oxygen atoms in total. The highest BCUT2D eigenvalue weighted by atomic mass is 32.2. The van der Waals surface area contributed by atoms with E-state index in [4.69, 9.17) is 0 Å². The van der Waals surface area contributed by atoms with E-state index in [1.54, 1.807) is 23.1 Å². The molecule has 4 aromatic carbocycles. The van der Waals surface area contributed by atoms with Gasteiger partial charge in [0.05, 0.1) is 17.1 Å². The molecule has 1 aliphatic heterocycles. The fraction of sp³-hybridized carbons (Fsp3) is 0.314. The van der Waals surface area contributed by atoms with Crippen molar-refractivity contribution in [3.8, 4) is 0 Å². The third-order valence-electron chi connectivity index (χ3n) is 8.43. The molecule has 2 N–H and O–H groups in total. The van der Waals surface area contributed by atoms with Gasteiger partial charge in [-0.05, 0) is 61.7 Å². The van der Waals surface area contributed by atoms with E-state index in [1.807, 2.05) is 98.5 Å². The number of piperidine rings is 1. The Morgan fingerprint density at radius 3 is 2.27 bits per heavy atom. The average molecular weight is 613 g/mol. The minimum atomic E-state index is -3.94. The second-order valence-corrected chi connectivity index (χ2v) is 12.9. The van der Waals surface area contributed by atoms with Crippen LogP contribution in [0.25, 0.3) is 10.8 Å². The van der Waals surface area contributed by atoms with Crippen LogP contribution in [0.4, 0.5) is 11.4 Å². The molecule has 0 radical (unpaired) electrons. The number of amides is 2. The summed E-state index contributed by atoms with van der Waals surface area (Å²) in [5, 5.41) is 4.26. The fourth-order valence-corrected chi connectivity index (χ4v) is 7.55. The van der Waals surface area contributed by atoms with Crippen LogP contribution in [0.15, 0.2) is 95.9 Å². The van der Waals surface area contributed by atoms with Gasteiger partial charge in [0.25, 0.3) is 5.91 Å². The molecule has 2 atom stereocenters. The third kappa shape index (κ3) is 6.55. The molecule has 9 heteroatoms. The summed E-state index contributed by atoms with van der Waals surface area (Å²) in [5.74, 6) is -0.166. The van der Waals surface area contributed by atoms with Gasteiger partial charge in [-0.15, -0.1) is 0 Å². The zero-order valence-corrected chi connectivity index (χ0v) is 26.3. The second-order valence-electron chi connectivity index (χ2n) is 11.2. The van der Waals surface area contributed by atoms with Crippen molar-refractivity contribution in [1.29, 1.82) is 0 Å². The number of rotatable bonds is 10. The van der Waals surface area contributed by atoms with Gasteiger partial charge in [-0.2, -0.15) is 0 Å². The van der Waals surface area contributed by atoms with Gasteiger partial charge in [0.1, 0.15) is 0 Å². The van der Waals surface area contributed by atoms with E-state index in [-0.39, 0.29) is 35.2 Å². The molecule has 0 aromatic heterocycles. The van der Waals surface area contributed by atoms with Crippen molar-refractivity contribution in [2.75, 3.05) is 31.1 Å². The van der Waals surface area contributed by atoms with Crippen LogP contribution in [-0.2, 0) is 14.8 Å². The SMILES string of the molecule is CCNCC(=O)N1CC[C@@H](NS(=O)(=O)c2ccc(N(C(=O)c3ccccc3C)c3ccccc3)c3ccccc23)[C@@H](CC)C1. The Balaban J connectivity index is 1.50. The van der Waals surface area contributed by atoms with Crippen LogP contribution >= 0.6 is 0 Å². The Hall–Kier alpha value is -4.05. The van der Waals surface area contributed by atoms with Gasteiger partial charge >= 0.3 is 0 Å². The van der Waals surface area contributed by atoms with Gasteiger partial charge in [0.15, 0.2) is 0 Å². The zero-order chi connectivity index (χ0) is 31.3. The molecule has 1 fully saturated rings. The summed E-state index contributed by atoms with van der Waals surface area (Å²) in [6.45, 7) is 7.91. The number of nitrogens with zero attached hydrogens (tertiary/aromatic N) is 2. The lowest BCUT2D eigenvalue weighted by Gasteiger charge is -2.38. The summed E-state index contributed by atoms with van der Waals surface area (Å²) in [4.78, 5) is 30.4. The molecule has 1 aliphatic rings. The number of benzene rings is 4. The fourth-order valence-electron chi connectivity index (χ4n) is 5.99. The van der Waals surface area contributed by atoms with Crippen LogP contribution < -0.4 is 14.9 Å². The number of likely N-dealkylation sites (tertiary alicyclic amines) is 1. The standard InChI is InChI=1S/C35H40N4O4S/c1-4-26-24-38(34(40)23-36-5-2)22-21-31(26)37-44(42,43)33-20-19-32(29-17-11-12-18-30(29)33)39(27-14-7-6-8-15-27)35(41)28-16-10-9-13-25(28)3/h6-20,26,31,36-37H,4-5,21-24H2,1-3H3/t26-,31+/m0/s1. The highest BCUT2D eigenvalue weighted by Crippen LogP contribution is 2.37. The van der Waals surface area contributed by atoms with E-state index in [0.29, 0.717) is 47.2 Å². The molecule has 0 saturated carbocycles. The van der Waals surface area contributed by atoms with E-state index < -0.39 is 10.0 Å². The Bertz CT molecular complexity index is 1740. The normalized spacial score (nSPS) is 17.0. The molecule has 0 unspecified atom stereocenters. The smallest absolute Gasteiger partial charge is 0.263 e. The molecule has 1 saturated heterocycles. The van der Waals surface area contributed by atoms with Crippen molar-refractivity contribution < 1.29 is 18.0 Å². The molecule has 44 heavy (non-hydrogen) atoms. The number of para-hydroxylation sites is 1. The first kappa shape index (κ1) is 31.4. The van der Waals surface area contributed by atoms with E-state index in [1.165, 1.54) is 0 Å². The average Bonchev–Trinajstić information content (AvgIpc) is 3.04. The highest BCUT2D eigenvalue weighted by molar-refractivity contribution is 7.89. The van der Waals surface area contributed by atoms with Crippen LogP contribution in [0, 0.1) is 12.8 Å². The van der Waals surface area contributed by atoms with E-state index >= 15 is 0 Å². The van der Waals surface area contributed by atoms with Crippen molar-refractivity contribution >= 4 is 44.0 Å². The van der Waals surface area contributed by atoms with Crippen molar-refractivity contribution in [2.45, 2.75) is 44.6 Å². The molecule has 2 amide bonds. The summed E-state index contributed by atoms with van der Waals surface area (Å²) in [7, 11) is -3.94. The maximum atomic E-state index is 14.1. The number of hydrogen-bond acceptors (Lipinski definition) is 5. The first-order chi connectivity index (χ1) is 21.2. The van der Waals surface area contributed by atoms with Gasteiger partial charge in [-0.1, -0.05) is 80.9 Å². The van der Waals surface area contributed by atoms with Gasteiger partial charge in [-0.25, -0.2) is 13.1 Å². The minimum absolute atomic E-state index is 0.00468. The summed E-state index contributed by atoms with van der Waals surface area (Å²) < 4.78 is 31.0. The number of carbonyl (C=O) groups excluding carboxylic acids is 2. The number of aryl methyl sites for hydroxylation is 1. The number of anilines is 2. The van der Waals surface area contributed by atoms with Crippen molar-refractivity contribution in [3.05, 3.63) is 102 Å². The van der Waals surface area contributed by atoms with Crippen molar-refractivity contribution in [2.24, 2.45) is 5.92 Å². The number of hydrogen-bond donors (Lipinski definition) is 2. The molecular formula is C35H40N4O4S. The number of likely N-dealkylation sites (N-methyl/N-ethyl adjacent to an activating group) is 1. The Morgan fingerprint density at radius 1 is 0.886 bits per heavy atom. The lowest BCUT2D eigenvalue weighted by molar-refractivity contribution is -0.132. The molecular weight excluding hydrogens is 572 g/mol. The first-order valence-corrected chi connectivity index (χ1v) is 16.7. The van der Waals surface area contributed by atoms with Crippen LogP contribution in [0.5, 0.6) is 0 Å². The maximum Gasteiger partial charge on any atom is 0.263 e. The van der Waals surface area contributed by atoms with E-state index in [2.05, 4.69) is 10.0 Å². The third-order valence-corrected chi connectivity index (χ3v) is 9.98. The molecule has 1 heterocycles. The summed E-state index contributed by atoms with van der Waals surface area (Å²) in [6, 6.07) is 27.2. The number of fused-ring (bicyclic) bond motifs is 1. The van der Waals surface area contributed by atoms with E-state index in [9.17, 15) is 18.0 Å². The molecule has 0 aliphatic carbocycles. The van der Waals surface area contributed by atoms with E-state index in [0.717, 1.165) is 18.5 Å². The summed E-state index contributed by atoms with van der Waals surface area (Å²) in [6.07, 6.45) is 1.28. The predicted octanol–water partition coefficient (Wildman–Crippen LogP) is 5.64. The molecule has 0 bridgehead atoms.